The lowest BCUT2D eigenvalue weighted by molar-refractivity contribution is 0.0690. The molecule has 5 nitrogen and oxygen atoms in total. The quantitative estimate of drug-likeness (QED) is 0.903. The SMILES string of the molecule is O=C(Nc1ccc(C(=O)O)nc1)c1cccc(Cl)c1. The lowest BCUT2D eigenvalue weighted by Gasteiger charge is -2.05. The molecular formula is C13H9ClN2O3. The molecule has 1 aromatic carbocycles. The van der Waals surface area contributed by atoms with Crippen molar-refractivity contribution in [3.05, 3.63) is 58.9 Å². The maximum Gasteiger partial charge on any atom is 0.354 e. The Hall–Kier alpha value is -2.40. The maximum atomic E-state index is 11.9. The molecule has 0 fully saturated rings. The number of carbonyl (C=O) groups excluding carboxylic acids is 1. The molecular weight excluding hydrogens is 268 g/mol. The zero-order valence-corrected chi connectivity index (χ0v) is 10.4. The number of hydrogen-bond acceptors (Lipinski definition) is 3. The van der Waals surface area contributed by atoms with Gasteiger partial charge in [0.05, 0.1) is 11.9 Å². The van der Waals surface area contributed by atoms with Crippen molar-refractivity contribution in [1.82, 2.24) is 4.98 Å². The van der Waals surface area contributed by atoms with Crippen LogP contribution in [0.1, 0.15) is 20.8 Å². The second-order valence-corrected chi connectivity index (χ2v) is 4.14. The number of hydrogen-bond donors (Lipinski definition) is 2. The van der Waals surface area contributed by atoms with E-state index in [2.05, 4.69) is 10.3 Å². The highest BCUT2D eigenvalue weighted by Crippen LogP contribution is 2.13. The molecule has 0 unspecified atom stereocenters. The molecule has 0 bridgehead atoms. The highest BCUT2D eigenvalue weighted by molar-refractivity contribution is 6.31. The van der Waals surface area contributed by atoms with Crippen molar-refractivity contribution in [2.24, 2.45) is 0 Å². The van der Waals surface area contributed by atoms with E-state index in [0.717, 1.165) is 0 Å². The maximum absolute atomic E-state index is 11.9. The Bertz CT molecular complexity index is 626. The summed E-state index contributed by atoms with van der Waals surface area (Å²) in [7, 11) is 0. The second-order valence-electron chi connectivity index (χ2n) is 3.70. The Balaban J connectivity index is 2.13. The van der Waals surface area contributed by atoms with Crippen LogP contribution in [0.25, 0.3) is 0 Å². The highest BCUT2D eigenvalue weighted by atomic mass is 35.5. The first-order valence-electron chi connectivity index (χ1n) is 5.32. The van der Waals surface area contributed by atoms with Crippen LogP contribution in [0.4, 0.5) is 5.69 Å². The predicted octanol–water partition coefficient (Wildman–Crippen LogP) is 2.69. The molecule has 0 radical (unpaired) electrons. The van der Waals surface area contributed by atoms with Crippen LogP contribution in [0.3, 0.4) is 0 Å². The van der Waals surface area contributed by atoms with Crippen molar-refractivity contribution < 1.29 is 14.7 Å². The van der Waals surface area contributed by atoms with E-state index < -0.39 is 5.97 Å². The van der Waals surface area contributed by atoms with Crippen LogP contribution >= 0.6 is 11.6 Å². The number of nitrogens with one attached hydrogen (secondary N) is 1. The van der Waals surface area contributed by atoms with Gasteiger partial charge >= 0.3 is 5.97 Å². The third kappa shape index (κ3) is 3.29. The van der Waals surface area contributed by atoms with Crippen molar-refractivity contribution in [2.45, 2.75) is 0 Å². The summed E-state index contributed by atoms with van der Waals surface area (Å²) >= 11 is 5.79. The number of aromatic carboxylic acids is 1. The number of anilines is 1. The third-order valence-corrected chi connectivity index (χ3v) is 2.56. The Labute approximate surface area is 113 Å². The average molecular weight is 277 g/mol. The van der Waals surface area contributed by atoms with Gasteiger partial charge in [0, 0.05) is 10.6 Å². The lowest BCUT2D eigenvalue weighted by atomic mass is 10.2. The minimum absolute atomic E-state index is 0.0826. The van der Waals surface area contributed by atoms with Crippen molar-refractivity contribution in [2.75, 3.05) is 5.32 Å². The number of carbonyl (C=O) groups is 2. The van der Waals surface area contributed by atoms with Gasteiger partial charge in [-0.1, -0.05) is 17.7 Å². The lowest BCUT2D eigenvalue weighted by Crippen LogP contribution is -2.12. The second kappa shape index (κ2) is 5.49. The molecule has 0 saturated heterocycles. The molecule has 0 atom stereocenters. The van der Waals surface area contributed by atoms with Crippen LogP contribution in [0.15, 0.2) is 42.6 Å². The zero-order valence-electron chi connectivity index (χ0n) is 9.63. The van der Waals surface area contributed by atoms with Crippen molar-refractivity contribution in [3.8, 4) is 0 Å². The van der Waals surface area contributed by atoms with Crippen LogP contribution < -0.4 is 5.32 Å². The van der Waals surface area contributed by atoms with Crippen LogP contribution in [-0.4, -0.2) is 22.0 Å². The van der Waals surface area contributed by atoms with Gasteiger partial charge in [-0.2, -0.15) is 0 Å². The van der Waals surface area contributed by atoms with E-state index in [4.69, 9.17) is 16.7 Å². The predicted molar refractivity (Wildman–Crippen MR) is 70.6 cm³/mol. The number of pyridine rings is 1. The van der Waals surface area contributed by atoms with Crippen molar-refractivity contribution in [3.63, 3.8) is 0 Å². The van der Waals surface area contributed by atoms with Gasteiger partial charge in [-0.25, -0.2) is 9.78 Å². The molecule has 0 aliphatic heterocycles. The van der Waals surface area contributed by atoms with Gasteiger partial charge in [-0.05, 0) is 30.3 Å². The molecule has 0 aliphatic carbocycles. The molecule has 0 aliphatic rings. The molecule has 6 heteroatoms. The molecule has 1 aromatic heterocycles. The number of aromatic nitrogens is 1. The van der Waals surface area contributed by atoms with Gasteiger partial charge in [0.2, 0.25) is 0 Å². The monoisotopic (exact) mass is 276 g/mol. The minimum atomic E-state index is -1.12. The standard InChI is InChI=1S/C13H9ClN2O3/c14-9-3-1-2-8(6-9)12(17)16-10-4-5-11(13(18)19)15-7-10/h1-7H,(H,16,17)(H,18,19). The molecule has 96 valence electrons. The van der Waals surface area contributed by atoms with Gasteiger partial charge in [0.1, 0.15) is 5.69 Å². The summed E-state index contributed by atoms with van der Waals surface area (Å²) in [4.78, 5) is 26.2. The number of benzene rings is 1. The van der Waals surface area contributed by atoms with Gasteiger partial charge in [-0.3, -0.25) is 4.79 Å². The van der Waals surface area contributed by atoms with E-state index in [0.29, 0.717) is 16.3 Å². The molecule has 0 saturated carbocycles. The summed E-state index contributed by atoms with van der Waals surface area (Å²) in [5, 5.41) is 11.8. The fraction of sp³-hybridized carbons (Fsp3) is 0. The van der Waals surface area contributed by atoms with Crippen LogP contribution in [0.2, 0.25) is 5.02 Å². The molecule has 2 aromatic rings. The summed E-state index contributed by atoms with van der Waals surface area (Å²) < 4.78 is 0. The van der Waals surface area contributed by atoms with Crippen LogP contribution in [-0.2, 0) is 0 Å². The van der Waals surface area contributed by atoms with Crippen molar-refractivity contribution in [1.29, 1.82) is 0 Å². The first-order chi connectivity index (χ1) is 9.06. The van der Waals surface area contributed by atoms with Gasteiger partial charge < -0.3 is 10.4 Å². The summed E-state index contributed by atoms with van der Waals surface area (Å²) in [6.07, 6.45) is 1.28. The topological polar surface area (TPSA) is 79.3 Å². The summed E-state index contributed by atoms with van der Waals surface area (Å²) in [6.45, 7) is 0. The molecule has 19 heavy (non-hydrogen) atoms. The van der Waals surface area contributed by atoms with E-state index in [1.54, 1.807) is 18.2 Å². The van der Waals surface area contributed by atoms with E-state index in [-0.39, 0.29) is 11.6 Å². The van der Waals surface area contributed by atoms with Gasteiger partial charge in [0.25, 0.3) is 5.91 Å². The van der Waals surface area contributed by atoms with Gasteiger partial charge in [0.15, 0.2) is 0 Å². The first kappa shape index (κ1) is 13.0. The first-order valence-corrected chi connectivity index (χ1v) is 5.70. The Morgan fingerprint density at radius 1 is 1.21 bits per heavy atom. The average Bonchev–Trinajstić information content (AvgIpc) is 2.39. The van der Waals surface area contributed by atoms with E-state index in [1.165, 1.54) is 24.4 Å². The molecule has 2 N–H and O–H groups in total. The van der Waals surface area contributed by atoms with E-state index in [1.807, 2.05) is 0 Å². The fourth-order valence-corrected chi connectivity index (χ4v) is 1.62. The highest BCUT2D eigenvalue weighted by Gasteiger charge is 2.08. The molecule has 2 rings (SSSR count). The fourth-order valence-electron chi connectivity index (χ4n) is 1.43. The molecule has 1 amide bonds. The smallest absolute Gasteiger partial charge is 0.354 e. The molecule has 0 spiro atoms. The summed E-state index contributed by atoms with van der Waals surface area (Å²) in [5.74, 6) is -1.46. The Morgan fingerprint density at radius 2 is 2.00 bits per heavy atom. The number of carboxylic acids is 1. The number of halogens is 1. The number of rotatable bonds is 3. The number of amides is 1. The summed E-state index contributed by atoms with van der Waals surface area (Å²) in [6, 6.07) is 9.29. The van der Waals surface area contributed by atoms with E-state index in [9.17, 15) is 9.59 Å². The third-order valence-electron chi connectivity index (χ3n) is 2.33. The minimum Gasteiger partial charge on any atom is -0.477 e. The summed E-state index contributed by atoms with van der Waals surface area (Å²) in [5.41, 5.74) is 0.741. The van der Waals surface area contributed by atoms with Crippen LogP contribution in [0.5, 0.6) is 0 Å². The number of carboxylic acid groups (broad SMARTS) is 1. The van der Waals surface area contributed by atoms with Gasteiger partial charge in [-0.15, -0.1) is 0 Å². The molecule has 1 heterocycles. The van der Waals surface area contributed by atoms with E-state index >= 15 is 0 Å². The Morgan fingerprint density at radius 3 is 2.58 bits per heavy atom. The van der Waals surface area contributed by atoms with Crippen molar-refractivity contribution >= 4 is 29.2 Å². The number of nitrogens with zero attached hydrogens (tertiary/aromatic N) is 1. The Kier molecular flexibility index (Phi) is 3.77. The normalized spacial score (nSPS) is 9.95. The largest absolute Gasteiger partial charge is 0.477 e. The zero-order chi connectivity index (χ0) is 13.8. The van der Waals surface area contributed by atoms with Crippen LogP contribution in [0, 0.1) is 0 Å².